The summed E-state index contributed by atoms with van der Waals surface area (Å²) in [6.07, 6.45) is 4.86. The molecule has 1 atom stereocenters. The van der Waals surface area contributed by atoms with Crippen LogP contribution in [0.15, 0.2) is 17.8 Å². The van der Waals surface area contributed by atoms with Crippen LogP contribution in [-0.4, -0.2) is 40.1 Å². The minimum absolute atomic E-state index is 0.0133. The smallest absolute Gasteiger partial charge is 0.320 e. The van der Waals surface area contributed by atoms with Gasteiger partial charge in [-0.05, 0) is 12.8 Å². The third-order valence-electron chi connectivity index (χ3n) is 4.82. The van der Waals surface area contributed by atoms with Crippen molar-refractivity contribution in [1.29, 1.82) is 0 Å². The molecule has 3 heterocycles. The fourth-order valence-electron chi connectivity index (χ4n) is 2.90. The number of nitrogens with zero attached hydrogens (tertiary/aromatic N) is 3. The number of nitrogens with one attached hydrogen (secondary N) is 2. The van der Waals surface area contributed by atoms with E-state index < -0.39 is 5.54 Å². The number of carbonyl (C=O) groups excluding carboxylic acids is 1. The molecule has 148 valence electrons. The van der Waals surface area contributed by atoms with E-state index in [2.05, 4.69) is 34.6 Å². The summed E-state index contributed by atoms with van der Waals surface area (Å²) in [4.78, 5) is 17.2. The quantitative estimate of drug-likeness (QED) is 0.787. The summed E-state index contributed by atoms with van der Waals surface area (Å²) < 4.78 is 13.0. The number of ether oxygens (including phenoxy) is 2. The molecule has 0 aliphatic carbocycles. The fraction of sp³-hybridized carbons (Fsp3) is 0.611. The molecule has 1 aliphatic heterocycles. The van der Waals surface area contributed by atoms with Gasteiger partial charge >= 0.3 is 6.03 Å². The van der Waals surface area contributed by atoms with Crippen LogP contribution in [0.5, 0.6) is 5.88 Å². The predicted octanol–water partition coefficient (Wildman–Crippen LogP) is 3.13. The van der Waals surface area contributed by atoms with Crippen LogP contribution in [0.3, 0.4) is 0 Å². The number of amides is 2. The van der Waals surface area contributed by atoms with Gasteiger partial charge in [-0.15, -0.1) is 16.4 Å². The maximum atomic E-state index is 12.8. The average molecular weight is 394 g/mol. The van der Waals surface area contributed by atoms with E-state index in [1.54, 1.807) is 35.5 Å². The fourth-order valence-corrected chi connectivity index (χ4v) is 3.75. The second kappa shape index (κ2) is 8.26. The van der Waals surface area contributed by atoms with Crippen molar-refractivity contribution in [1.82, 2.24) is 20.1 Å². The number of hydrogen-bond donors (Lipinski definition) is 2. The summed E-state index contributed by atoms with van der Waals surface area (Å²) >= 11 is 1.55. The lowest BCUT2D eigenvalue weighted by molar-refractivity contribution is 0.0417. The summed E-state index contributed by atoms with van der Waals surface area (Å²) in [6, 6.07) is -0.304. The molecule has 1 fully saturated rings. The Kier molecular flexibility index (Phi) is 6.01. The van der Waals surface area contributed by atoms with E-state index in [0.717, 1.165) is 5.01 Å². The van der Waals surface area contributed by atoms with E-state index in [9.17, 15) is 4.79 Å². The van der Waals surface area contributed by atoms with Gasteiger partial charge in [-0.2, -0.15) is 0 Å². The second-order valence-electron chi connectivity index (χ2n) is 7.20. The molecule has 2 amide bonds. The molecule has 0 saturated carbocycles. The zero-order valence-electron chi connectivity index (χ0n) is 16.2. The molecule has 3 rings (SSSR count). The van der Waals surface area contributed by atoms with Gasteiger partial charge in [0, 0.05) is 44.7 Å². The number of anilines is 1. The van der Waals surface area contributed by atoms with E-state index >= 15 is 0 Å². The molecule has 0 bridgehead atoms. The molecule has 2 N–H and O–H groups in total. The highest BCUT2D eigenvalue weighted by atomic mass is 32.1. The van der Waals surface area contributed by atoms with E-state index in [-0.39, 0.29) is 12.1 Å². The van der Waals surface area contributed by atoms with Crippen molar-refractivity contribution in [3.63, 3.8) is 0 Å². The lowest BCUT2D eigenvalue weighted by Crippen LogP contribution is -2.50. The lowest BCUT2D eigenvalue weighted by atomic mass is 9.91. The molecule has 8 nitrogen and oxygen atoms in total. The first kappa shape index (κ1) is 19.6. The molecule has 0 radical (unpaired) electrons. The highest BCUT2D eigenvalue weighted by Gasteiger charge is 2.38. The highest BCUT2D eigenvalue weighted by molar-refractivity contribution is 7.09. The molecule has 1 unspecified atom stereocenters. The lowest BCUT2D eigenvalue weighted by Gasteiger charge is -2.36. The zero-order chi connectivity index (χ0) is 19.4. The van der Waals surface area contributed by atoms with E-state index in [1.165, 1.54) is 0 Å². The van der Waals surface area contributed by atoms with Crippen LogP contribution < -0.4 is 15.4 Å². The van der Waals surface area contributed by atoms with Crippen molar-refractivity contribution >= 4 is 23.1 Å². The van der Waals surface area contributed by atoms with Gasteiger partial charge in [0.05, 0.1) is 11.7 Å². The molecule has 2 aromatic heterocycles. The zero-order valence-corrected chi connectivity index (χ0v) is 17.0. The van der Waals surface area contributed by atoms with Crippen LogP contribution in [0.4, 0.5) is 10.5 Å². The van der Waals surface area contributed by atoms with E-state index in [1.807, 2.05) is 12.3 Å². The Hall–Kier alpha value is -2.13. The van der Waals surface area contributed by atoms with Crippen molar-refractivity contribution < 1.29 is 14.3 Å². The molecule has 1 saturated heterocycles. The van der Waals surface area contributed by atoms with Gasteiger partial charge in [0.1, 0.15) is 16.8 Å². The predicted molar refractivity (Wildman–Crippen MR) is 104 cm³/mol. The first-order valence-electron chi connectivity index (χ1n) is 9.17. The largest absolute Gasteiger partial charge is 0.472 e. The minimum atomic E-state index is -0.509. The van der Waals surface area contributed by atoms with Gasteiger partial charge in [0.2, 0.25) is 0 Å². The number of aryl methyl sites for hydroxylation is 1. The van der Waals surface area contributed by atoms with Gasteiger partial charge in [-0.3, -0.25) is 4.68 Å². The van der Waals surface area contributed by atoms with Crippen LogP contribution in [0.1, 0.15) is 38.6 Å². The SMILES string of the molecule is CC(C)C(C)Oc1nn(C)cc1NC(=O)NC1(c2nccs2)CCOCC1. The van der Waals surface area contributed by atoms with Gasteiger partial charge in [-0.25, -0.2) is 9.78 Å². The van der Waals surface area contributed by atoms with E-state index in [0.29, 0.717) is 43.5 Å². The third kappa shape index (κ3) is 4.59. The number of urea groups is 1. The Morgan fingerprint density at radius 2 is 2.11 bits per heavy atom. The summed E-state index contributed by atoms with van der Waals surface area (Å²) in [6.45, 7) is 7.33. The van der Waals surface area contributed by atoms with Crippen molar-refractivity contribution in [2.24, 2.45) is 13.0 Å². The third-order valence-corrected chi connectivity index (χ3v) is 5.80. The van der Waals surface area contributed by atoms with Crippen molar-refractivity contribution in [3.05, 3.63) is 22.8 Å². The molecular formula is C18H27N5O3S. The first-order valence-corrected chi connectivity index (χ1v) is 10.0. The Labute approximate surface area is 163 Å². The van der Waals surface area contributed by atoms with Crippen molar-refractivity contribution in [3.8, 4) is 5.88 Å². The summed E-state index contributed by atoms with van der Waals surface area (Å²) in [5.41, 5.74) is 0.0363. The van der Waals surface area contributed by atoms with Crippen molar-refractivity contribution in [2.75, 3.05) is 18.5 Å². The number of carbonyl (C=O) groups is 1. The normalized spacial score (nSPS) is 17.5. The topological polar surface area (TPSA) is 90.3 Å². The standard InChI is InChI=1S/C18H27N5O3S/c1-12(2)13(3)26-15-14(11-23(4)22-15)20-17(24)21-18(5-8-25-9-6-18)16-19-7-10-27-16/h7,10-13H,5-6,8-9H2,1-4H3,(H2,20,21,24). The Bertz CT molecular complexity index is 753. The number of rotatable bonds is 6. The van der Waals surface area contributed by atoms with E-state index in [4.69, 9.17) is 9.47 Å². The maximum Gasteiger partial charge on any atom is 0.320 e. The minimum Gasteiger partial charge on any atom is -0.472 e. The first-order chi connectivity index (χ1) is 12.9. The van der Waals surface area contributed by atoms with Crippen LogP contribution >= 0.6 is 11.3 Å². The van der Waals surface area contributed by atoms with Crippen LogP contribution in [0.25, 0.3) is 0 Å². The van der Waals surface area contributed by atoms with Crippen LogP contribution in [-0.2, 0) is 17.3 Å². The number of hydrogen-bond acceptors (Lipinski definition) is 6. The van der Waals surface area contributed by atoms with Gasteiger partial charge < -0.3 is 20.1 Å². The molecule has 1 aliphatic rings. The average Bonchev–Trinajstić information content (AvgIpc) is 3.26. The molecule has 27 heavy (non-hydrogen) atoms. The Morgan fingerprint density at radius 3 is 2.74 bits per heavy atom. The van der Waals surface area contributed by atoms with Crippen LogP contribution in [0, 0.1) is 5.92 Å². The summed E-state index contributed by atoms with van der Waals surface area (Å²) in [5, 5.41) is 13.2. The van der Waals surface area contributed by atoms with Crippen molar-refractivity contribution in [2.45, 2.75) is 45.3 Å². The highest BCUT2D eigenvalue weighted by Crippen LogP contribution is 2.34. The van der Waals surface area contributed by atoms with Gasteiger partial charge in [-0.1, -0.05) is 13.8 Å². The molecule has 0 spiro atoms. The second-order valence-corrected chi connectivity index (χ2v) is 8.09. The number of aromatic nitrogens is 3. The van der Waals surface area contributed by atoms with Crippen LogP contribution in [0.2, 0.25) is 0 Å². The monoisotopic (exact) mass is 393 g/mol. The van der Waals surface area contributed by atoms with Gasteiger partial charge in [0.15, 0.2) is 0 Å². The van der Waals surface area contributed by atoms with Gasteiger partial charge in [0.25, 0.3) is 5.88 Å². The maximum absolute atomic E-state index is 12.8. The Balaban J connectivity index is 1.73. The molecule has 2 aromatic rings. The molecular weight excluding hydrogens is 366 g/mol. The molecule has 0 aromatic carbocycles. The summed E-state index contributed by atoms with van der Waals surface area (Å²) in [5.74, 6) is 0.758. The molecule has 9 heteroatoms. The summed E-state index contributed by atoms with van der Waals surface area (Å²) in [7, 11) is 1.80. The number of thiazole rings is 1. The Morgan fingerprint density at radius 1 is 1.37 bits per heavy atom.